The molecule has 21 heavy (non-hydrogen) atoms. The van der Waals surface area contributed by atoms with Gasteiger partial charge in [-0.15, -0.1) is 0 Å². The zero-order valence-corrected chi connectivity index (χ0v) is 13.2. The van der Waals surface area contributed by atoms with Crippen LogP contribution in [0.2, 0.25) is 15.1 Å². The van der Waals surface area contributed by atoms with E-state index >= 15 is 0 Å². The van der Waals surface area contributed by atoms with E-state index in [1.54, 1.807) is 0 Å². The van der Waals surface area contributed by atoms with Crippen molar-refractivity contribution in [3.63, 3.8) is 0 Å². The zero-order valence-electron chi connectivity index (χ0n) is 10.9. The van der Waals surface area contributed by atoms with Crippen molar-refractivity contribution in [2.45, 2.75) is 25.1 Å². The van der Waals surface area contributed by atoms with Crippen LogP contribution in [0.5, 0.6) is 11.5 Å². The molecule has 0 bridgehead atoms. The Bertz CT molecular complexity index is 614. The summed E-state index contributed by atoms with van der Waals surface area (Å²) in [6, 6.07) is 0. The molecule has 0 saturated carbocycles. The summed E-state index contributed by atoms with van der Waals surface area (Å²) in [5.41, 5.74) is -2.25. The van der Waals surface area contributed by atoms with Gasteiger partial charge in [0.05, 0.1) is 12.1 Å². The molecule has 0 saturated heterocycles. The summed E-state index contributed by atoms with van der Waals surface area (Å²) in [4.78, 5) is 0. The van der Waals surface area contributed by atoms with E-state index < -0.39 is 11.8 Å². The highest BCUT2D eigenvalue weighted by Crippen LogP contribution is 2.53. The second-order valence-corrected chi connectivity index (χ2v) is 5.53. The lowest BCUT2D eigenvalue weighted by Gasteiger charge is -2.36. The van der Waals surface area contributed by atoms with Crippen LogP contribution in [0.15, 0.2) is 6.08 Å². The lowest BCUT2D eigenvalue weighted by Crippen LogP contribution is -2.49. The topological polar surface area (TPSA) is 18.5 Å². The molecule has 0 fully saturated rings. The van der Waals surface area contributed by atoms with Crippen molar-refractivity contribution in [2.75, 3.05) is 7.11 Å². The van der Waals surface area contributed by atoms with Gasteiger partial charge < -0.3 is 9.47 Å². The lowest BCUT2D eigenvalue weighted by atomic mass is 9.94. The summed E-state index contributed by atoms with van der Waals surface area (Å²) in [5.74, 6) is -0.111. The third kappa shape index (κ3) is 2.45. The first-order valence-corrected chi connectivity index (χ1v) is 7.01. The van der Waals surface area contributed by atoms with E-state index in [-0.39, 0.29) is 38.6 Å². The largest absolute Gasteiger partial charge is 0.494 e. The molecule has 8 heteroatoms. The Hall–Kier alpha value is -0.780. The molecular weight excluding hydrogens is 351 g/mol. The van der Waals surface area contributed by atoms with Crippen LogP contribution in [-0.2, 0) is 0 Å². The summed E-state index contributed by atoms with van der Waals surface area (Å²) in [7, 11) is 1.33. The predicted octanol–water partition coefficient (Wildman–Crippen LogP) is 5.77. The first-order chi connectivity index (χ1) is 9.68. The van der Waals surface area contributed by atoms with Crippen molar-refractivity contribution in [3.8, 4) is 11.5 Å². The second kappa shape index (κ2) is 5.45. The molecule has 0 amide bonds. The Morgan fingerprint density at radius 1 is 1.19 bits per heavy atom. The Labute approximate surface area is 134 Å². The van der Waals surface area contributed by atoms with Gasteiger partial charge in [-0.1, -0.05) is 41.7 Å². The van der Waals surface area contributed by atoms with Crippen molar-refractivity contribution in [1.82, 2.24) is 0 Å². The Morgan fingerprint density at radius 3 is 2.29 bits per heavy atom. The molecule has 1 heterocycles. The molecule has 0 N–H and O–H groups in total. The molecular formula is C13H10Cl3F3O2. The van der Waals surface area contributed by atoms with Crippen LogP contribution in [0.4, 0.5) is 13.2 Å². The Balaban J connectivity index is 2.68. The third-order valence-electron chi connectivity index (χ3n) is 3.28. The van der Waals surface area contributed by atoms with Gasteiger partial charge in [0.2, 0.25) is 5.60 Å². The summed E-state index contributed by atoms with van der Waals surface area (Å²) < 4.78 is 49.9. The highest BCUT2D eigenvalue weighted by atomic mass is 35.5. The Kier molecular flexibility index (Phi) is 4.30. The maximum absolute atomic E-state index is 13.3. The van der Waals surface area contributed by atoms with E-state index in [1.807, 2.05) is 0 Å². The number of rotatable bonds is 2. The number of hydrogen-bond acceptors (Lipinski definition) is 2. The summed E-state index contributed by atoms with van der Waals surface area (Å²) in [6.45, 7) is 1.36. The molecule has 0 radical (unpaired) electrons. The van der Waals surface area contributed by atoms with Crippen LogP contribution in [0.1, 0.15) is 18.9 Å². The summed E-state index contributed by atoms with van der Waals surface area (Å²) >= 11 is 18.0. The normalized spacial score (nSPS) is 21.0. The number of hydrogen-bond donors (Lipinski definition) is 0. The van der Waals surface area contributed by atoms with E-state index in [2.05, 4.69) is 0 Å². The molecule has 1 unspecified atom stereocenters. The van der Waals surface area contributed by atoms with Gasteiger partial charge in [-0.25, -0.2) is 0 Å². The number of fused-ring (bicyclic) bond motifs is 1. The number of methoxy groups -OCH3 is 1. The molecule has 116 valence electrons. The van der Waals surface area contributed by atoms with Crippen LogP contribution in [0.25, 0.3) is 6.08 Å². The minimum atomic E-state index is -4.60. The molecule has 0 aromatic heterocycles. The summed E-state index contributed by atoms with van der Waals surface area (Å²) in [6.07, 6.45) is -2.77. The maximum atomic E-state index is 13.3. The minimum absolute atomic E-state index is 0.0463. The van der Waals surface area contributed by atoms with Crippen LogP contribution < -0.4 is 9.47 Å². The van der Waals surface area contributed by atoms with Crippen molar-refractivity contribution in [2.24, 2.45) is 0 Å². The Morgan fingerprint density at radius 2 is 1.81 bits per heavy atom. The molecule has 0 spiro atoms. The first-order valence-electron chi connectivity index (χ1n) is 5.88. The van der Waals surface area contributed by atoms with Gasteiger partial charge in [0.25, 0.3) is 0 Å². The van der Waals surface area contributed by atoms with Gasteiger partial charge in [-0.05, 0) is 18.6 Å². The molecule has 1 aliphatic heterocycles. The number of halogens is 6. The smallest absolute Gasteiger partial charge is 0.432 e. The maximum Gasteiger partial charge on any atom is 0.432 e. The monoisotopic (exact) mass is 360 g/mol. The van der Waals surface area contributed by atoms with Gasteiger partial charge in [0.1, 0.15) is 15.8 Å². The number of benzene rings is 1. The SMILES string of the molecule is CCC1(C(F)(F)F)C=Cc2c(Cl)c(OC)c(Cl)c(Cl)c2O1. The van der Waals surface area contributed by atoms with Gasteiger partial charge >= 0.3 is 6.18 Å². The van der Waals surface area contributed by atoms with Crippen LogP contribution >= 0.6 is 34.8 Å². The standard InChI is InChI=1S/C13H10Cl3F3O2/c1-3-12(13(17,18)19)5-4-6-7(14)11(20-2)9(16)8(15)10(6)21-12/h4-5H,3H2,1-2H3. The first kappa shape index (κ1) is 16.6. The molecule has 1 aromatic carbocycles. The van der Waals surface area contributed by atoms with Crippen LogP contribution in [0, 0.1) is 0 Å². The quantitative estimate of drug-likeness (QED) is 0.622. The van der Waals surface area contributed by atoms with Gasteiger partial charge in [-0.3, -0.25) is 0 Å². The van der Waals surface area contributed by atoms with Crippen LogP contribution in [-0.4, -0.2) is 18.9 Å². The van der Waals surface area contributed by atoms with Gasteiger partial charge in [0.15, 0.2) is 5.75 Å². The highest BCUT2D eigenvalue weighted by Gasteiger charge is 2.56. The van der Waals surface area contributed by atoms with E-state index in [0.717, 1.165) is 6.08 Å². The fraction of sp³-hybridized carbons (Fsp3) is 0.385. The highest BCUT2D eigenvalue weighted by molar-refractivity contribution is 6.46. The van der Waals surface area contributed by atoms with Crippen molar-refractivity contribution < 1.29 is 22.6 Å². The van der Waals surface area contributed by atoms with E-state index in [0.29, 0.717) is 0 Å². The van der Waals surface area contributed by atoms with Gasteiger partial charge in [0, 0.05) is 5.56 Å². The number of alkyl halides is 3. The molecule has 1 aliphatic rings. The zero-order chi connectivity index (χ0) is 16.0. The second-order valence-electron chi connectivity index (χ2n) is 4.39. The molecule has 2 rings (SSSR count). The van der Waals surface area contributed by atoms with Crippen LogP contribution in [0.3, 0.4) is 0 Å². The van der Waals surface area contributed by atoms with Gasteiger partial charge in [-0.2, -0.15) is 13.2 Å². The average Bonchev–Trinajstić information content (AvgIpc) is 2.43. The predicted molar refractivity (Wildman–Crippen MR) is 76.8 cm³/mol. The third-order valence-corrected chi connectivity index (χ3v) is 4.48. The molecule has 0 aliphatic carbocycles. The van der Waals surface area contributed by atoms with Crippen molar-refractivity contribution in [1.29, 1.82) is 0 Å². The molecule has 1 atom stereocenters. The fourth-order valence-electron chi connectivity index (χ4n) is 2.04. The minimum Gasteiger partial charge on any atom is -0.494 e. The number of ether oxygens (including phenoxy) is 2. The molecule has 1 aromatic rings. The molecule has 2 nitrogen and oxygen atoms in total. The van der Waals surface area contributed by atoms with E-state index in [4.69, 9.17) is 44.3 Å². The lowest BCUT2D eigenvalue weighted by molar-refractivity contribution is -0.230. The van der Waals surface area contributed by atoms with Crippen molar-refractivity contribution in [3.05, 3.63) is 26.7 Å². The van der Waals surface area contributed by atoms with Crippen molar-refractivity contribution >= 4 is 40.9 Å². The average molecular weight is 362 g/mol. The van der Waals surface area contributed by atoms with E-state index in [9.17, 15) is 13.2 Å². The fourth-order valence-corrected chi connectivity index (χ4v) is 2.89. The summed E-state index contributed by atoms with van der Waals surface area (Å²) in [5, 5.41) is -0.213. The van der Waals surface area contributed by atoms with E-state index in [1.165, 1.54) is 20.1 Å².